The third-order valence-electron chi connectivity index (χ3n) is 3.99. The quantitative estimate of drug-likeness (QED) is 0.852. The Hall–Kier alpha value is -0.900. The lowest BCUT2D eigenvalue weighted by Gasteiger charge is -2.20. The third kappa shape index (κ3) is 3.10. The lowest BCUT2D eigenvalue weighted by Crippen LogP contribution is -2.24. The van der Waals surface area contributed by atoms with Gasteiger partial charge in [-0.1, -0.05) is 19.3 Å². The van der Waals surface area contributed by atoms with Crippen LogP contribution in [0.15, 0.2) is 0 Å². The summed E-state index contributed by atoms with van der Waals surface area (Å²) >= 11 is 1.72. The van der Waals surface area contributed by atoms with E-state index in [1.165, 1.54) is 11.3 Å². The molecule has 2 atom stereocenters. The Kier molecular flexibility index (Phi) is 4.38. The fraction of sp³-hybridized carbons (Fsp3) is 0.714. The Balaban J connectivity index is 2.10. The molecule has 0 saturated heterocycles. The first-order valence-electron chi connectivity index (χ1n) is 6.73. The predicted molar refractivity (Wildman–Crippen MR) is 73.0 cm³/mol. The largest absolute Gasteiger partial charge is 0.481 e. The van der Waals surface area contributed by atoms with Crippen molar-refractivity contribution in [3.63, 3.8) is 0 Å². The maximum absolute atomic E-state index is 11.4. The predicted octanol–water partition coefficient (Wildman–Crippen LogP) is 3.58. The first kappa shape index (κ1) is 13.5. The highest BCUT2D eigenvalue weighted by atomic mass is 32.1. The van der Waals surface area contributed by atoms with Gasteiger partial charge in [0.1, 0.15) is 0 Å². The number of aryl methyl sites for hydroxylation is 2. The van der Waals surface area contributed by atoms with E-state index in [1.54, 1.807) is 11.3 Å². The molecule has 100 valence electrons. The van der Waals surface area contributed by atoms with Crippen LogP contribution >= 0.6 is 11.3 Å². The van der Waals surface area contributed by atoms with Crippen molar-refractivity contribution < 1.29 is 9.90 Å². The minimum atomic E-state index is -0.619. The number of carbonyl (C=O) groups is 1. The Morgan fingerprint density at radius 1 is 1.33 bits per heavy atom. The van der Waals surface area contributed by atoms with Gasteiger partial charge in [-0.15, -0.1) is 11.3 Å². The van der Waals surface area contributed by atoms with Crippen LogP contribution < -0.4 is 0 Å². The summed E-state index contributed by atoms with van der Waals surface area (Å²) < 4.78 is 0. The zero-order chi connectivity index (χ0) is 13.1. The molecule has 0 radical (unpaired) electrons. The van der Waals surface area contributed by atoms with Crippen LogP contribution in [-0.2, 0) is 11.2 Å². The molecule has 2 unspecified atom stereocenters. The summed E-state index contributed by atoms with van der Waals surface area (Å²) in [4.78, 5) is 17.2. The second kappa shape index (κ2) is 5.83. The molecule has 0 aliphatic heterocycles. The van der Waals surface area contributed by atoms with Crippen molar-refractivity contribution in [3.05, 3.63) is 15.6 Å². The molecule has 0 aromatic carbocycles. The summed E-state index contributed by atoms with van der Waals surface area (Å²) in [6.45, 7) is 4.11. The average molecular weight is 267 g/mol. The molecule has 2 rings (SSSR count). The van der Waals surface area contributed by atoms with Gasteiger partial charge < -0.3 is 5.11 Å². The Bertz CT molecular complexity index is 408. The lowest BCUT2D eigenvalue weighted by molar-refractivity contribution is -0.143. The molecule has 1 saturated carbocycles. The van der Waals surface area contributed by atoms with Crippen LogP contribution in [-0.4, -0.2) is 16.1 Å². The fourth-order valence-corrected chi connectivity index (χ4v) is 3.83. The van der Waals surface area contributed by atoms with Gasteiger partial charge >= 0.3 is 5.97 Å². The first-order chi connectivity index (χ1) is 8.58. The number of hydrogen-bond donors (Lipinski definition) is 1. The monoisotopic (exact) mass is 267 g/mol. The van der Waals surface area contributed by atoms with E-state index in [2.05, 4.69) is 11.9 Å². The van der Waals surface area contributed by atoms with Crippen molar-refractivity contribution in [1.82, 2.24) is 4.98 Å². The molecule has 1 aromatic rings. The van der Waals surface area contributed by atoms with Crippen LogP contribution in [0.1, 0.15) is 47.7 Å². The SMILES string of the molecule is Cc1nc(CC2CCCCCC2C(=O)O)sc1C. The van der Waals surface area contributed by atoms with E-state index in [0.29, 0.717) is 0 Å². The highest BCUT2D eigenvalue weighted by Crippen LogP contribution is 2.33. The molecule has 1 aliphatic carbocycles. The number of carboxylic acids is 1. The van der Waals surface area contributed by atoms with Gasteiger partial charge in [0.15, 0.2) is 0 Å². The molecule has 3 nitrogen and oxygen atoms in total. The normalized spacial score (nSPS) is 24.8. The third-order valence-corrected chi connectivity index (χ3v) is 5.08. The van der Waals surface area contributed by atoms with E-state index in [4.69, 9.17) is 0 Å². The molecule has 0 spiro atoms. The first-order valence-corrected chi connectivity index (χ1v) is 7.55. The molecule has 1 N–H and O–H groups in total. The number of hydrogen-bond acceptors (Lipinski definition) is 3. The summed E-state index contributed by atoms with van der Waals surface area (Å²) in [6, 6.07) is 0. The van der Waals surface area contributed by atoms with Crippen LogP contribution in [0.4, 0.5) is 0 Å². The van der Waals surface area contributed by atoms with Gasteiger partial charge in [-0.05, 0) is 32.6 Å². The number of nitrogens with zero attached hydrogens (tertiary/aromatic N) is 1. The Labute approximate surface area is 112 Å². The number of carboxylic acid groups (broad SMARTS) is 1. The molecule has 1 aromatic heterocycles. The van der Waals surface area contributed by atoms with E-state index >= 15 is 0 Å². The van der Waals surface area contributed by atoms with Crippen LogP contribution in [0.3, 0.4) is 0 Å². The maximum atomic E-state index is 11.4. The van der Waals surface area contributed by atoms with Crippen molar-refractivity contribution in [3.8, 4) is 0 Å². The lowest BCUT2D eigenvalue weighted by atomic mass is 9.86. The number of aromatic nitrogens is 1. The molecule has 1 heterocycles. The molecular formula is C14H21NO2S. The highest BCUT2D eigenvalue weighted by Gasteiger charge is 2.30. The molecule has 4 heteroatoms. The zero-order valence-corrected chi connectivity index (χ0v) is 11.9. The van der Waals surface area contributed by atoms with Crippen LogP contribution in [0.5, 0.6) is 0 Å². The van der Waals surface area contributed by atoms with Gasteiger partial charge in [0.2, 0.25) is 0 Å². The average Bonchev–Trinajstić information content (AvgIpc) is 2.53. The number of thiazole rings is 1. The minimum Gasteiger partial charge on any atom is -0.481 e. The second-order valence-corrected chi connectivity index (χ2v) is 6.58. The van der Waals surface area contributed by atoms with Crippen LogP contribution in [0.2, 0.25) is 0 Å². The Morgan fingerprint density at radius 2 is 2.06 bits per heavy atom. The van der Waals surface area contributed by atoms with E-state index in [1.807, 2.05) is 6.92 Å². The van der Waals surface area contributed by atoms with E-state index < -0.39 is 5.97 Å². The topological polar surface area (TPSA) is 50.2 Å². The van der Waals surface area contributed by atoms with Crippen LogP contribution in [0.25, 0.3) is 0 Å². The molecular weight excluding hydrogens is 246 g/mol. The smallest absolute Gasteiger partial charge is 0.306 e. The number of rotatable bonds is 3. The van der Waals surface area contributed by atoms with Gasteiger partial charge in [0.05, 0.1) is 16.6 Å². The van der Waals surface area contributed by atoms with Gasteiger partial charge in [0.25, 0.3) is 0 Å². The molecule has 18 heavy (non-hydrogen) atoms. The van der Waals surface area contributed by atoms with Crippen molar-refractivity contribution in [2.45, 2.75) is 52.4 Å². The summed E-state index contributed by atoms with van der Waals surface area (Å²) in [7, 11) is 0. The standard InChI is InChI=1S/C14H21NO2S/c1-9-10(2)18-13(15-9)8-11-6-4-3-5-7-12(11)14(16)17/h11-12H,3-8H2,1-2H3,(H,16,17). The molecule has 0 amide bonds. The van der Waals surface area contributed by atoms with Crippen molar-refractivity contribution in [1.29, 1.82) is 0 Å². The second-order valence-electron chi connectivity index (χ2n) is 5.30. The summed E-state index contributed by atoms with van der Waals surface area (Å²) in [6.07, 6.45) is 6.12. The van der Waals surface area contributed by atoms with E-state index in [9.17, 15) is 9.90 Å². The van der Waals surface area contributed by atoms with E-state index in [-0.39, 0.29) is 11.8 Å². The van der Waals surface area contributed by atoms with Crippen LogP contribution in [0, 0.1) is 25.7 Å². The molecule has 1 aliphatic rings. The minimum absolute atomic E-state index is 0.169. The summed E-state index contributed by atoms with van der Waals surface area (Å²) in [5.41, 5.74) is 1.09. The van der Waals surface area contributed by atoms with Crippen molar-refractivity contribution in [2.75, 3.05) is 0 Å². The zero-order valence-electron chi connectivity index (χ0n) is 11.1. The van der Waals surface area contributed by atoms with Gasteiger partial charge in [-0.25, -0.2) is 4.98 Å². The fourth-order valence-electron chi connectivity index (χ4n) is 2.80. The highest BCUT2D eigenvalue weighted by molar-refractivity contribution is 7.11. The summed E-state index contributed by atoms with van der Waals surface area (Å²) in [5.74, 6) is -0.515. The van der Waals surface area contributed by atoms with Gasteiger partial charge in [-0.3, -0.25) is 4.79 Å². The van der Waals surface area contributed by atoms with E-state index in [0.717, 1.165) is 42.8 Å². The molecule has 0 bridgehead atoms. The Morgan fingerprint density at radius 3 is 2.67 bits per heavy atom. The van der Waals surface area contributed by atoms with Gasteiger partial charge in [-0.2, -0.15) is 0 Å². The molecule has 1 fully saturated rings. The van der Waals surface area contributed by atoms with Crippen molar-refractivity contribution in [2.24, 2.45) is 11.8 Å². The number of aliphatic carboxylic acids is 1. The maximum Gasteiger partial charge on any atom is 0.306 e. The van der Waals surface area contributed by atoms with Crippen molar-refractivity contribution >= 4 is 17.3 Å². The summed E-state index contributed by atoms with van der Waals surface area (Å²) in [5, 5.41) is 10.5. The van der Waals surface area contributed by atoms with Gasteiger partial charge in [0, 0.05) is 11.3 Å².